The Bertz CT molecular complexity index is 648. The predicted molar refractivity (Wildman–Crippen MR) is 117 cm³/mol. The summed E-state index contributed by atoms with van der Waals surface area (Å²) in [5.41, 5.74) is 2.75. The van der Waals surface area contributed by atoms with Crippen molar-refractivity contribution in [3.8, 4) is 0 Å². The number of aliphatic imine (C=N–C) groups is 1. The van der Waals surface area contributed by atoms with E-state index in [-0.39, 0.29) is 11.6 Å². The molecule has 3 rings (SSSR count). The fraction of sp³-hybridized carbons (Fsp3) is 0.682. The van der Waals surface area contributed by atoms with Gasteiger partial charge in [0.05, 0.1) is 6.04 Å². The van der Waals surface area contributed by atoms with Gasteiger partial charge in [0.15, 0.2) is 5.96 Å². The third-order valence-electron chi connectivity index (χ3n) is 6.38. The van der Waals surface area contributed by atoms with E-state index in [2.05, 4.69) is 70.7 Å². The number of likely N-dealkylation sites (N-methyl/N-ethyl adjacent to an activating group) is 1. The minimum Gasteiger partial charge on any atom is -0.381 e. The molecule has 2 heterocycles. The predicted octanol–water partition coefficient (Wildman–Crippen LogP) is 2.62. The van der Waals surface area contributed by atoms with Crippen LogP contribution in [0.25, 0.3) is 0 Å². The number of hydrogen-bond acceptors (Lipinski definition) is 4. The van der Waals surface area contributed by atoms with E-state index in [1.165, 1.54) is 37.2 Å². The maximum Gasteiger partial charge on any atom is 0.191 e. The Morgan fingerprint density at radius 2 is 1.96 bits per heavy atom. The summed E-state index contributed by atoms with van der Waals surface area (Å²) < 4.78 is 5.58. The molecule has 1 unspecified atom stereocenters. The molecular formula is C22H37N5O. The molecule has 2 N–H and O–H groups in total. The van der Waals surface area contributed by atoms with Crippen LogP contribution < -0.4 is 15.5 Å². The Hall–Kier alpha value is -1.79. The number of guanidine groups is 1. The molecule has 0 radical (unpaired) electrons. The molecule has 6 heteroatoms. The fourth-order valence-electron chi connectivity index (χ4n) is 4.23. The van der Waals surface area contributed by atoms with Gasteiger partial charge in [0.1, 0.15) is 0 Å². The van der Waals surface area contributed by atoms with Gasteiger partial charge in [-0.15, -0.1) is 0 Å². The number of rotatable bonds is 6. The summed E-state index contributed by atoms with van der Waals surface area (Å²) >= 11 is 0. The topological polar surface area (TPSA) is 52.1 Å². The molecule has 6 nitrogen and oxygen atoms in total. The first-order valence-electron chi connectivity index (χ1n) is 10.6. The highest BCUT2D eigenvalue weighted by Gasteiger charge is 2.34. The third-order valence-corrected chi connectivity index (χ3v) is 6.38. The molecular weight excluding hydrogens is 350 g/mol. The number of nitrogens with one attached hydrogen (secondary N) is 2. The molecule has 1 atom stereocenters. The van der Waals surface area contributed by atoms with Crippen molar-refractivity contribution >= 4 is 11.6 Å². The Balaban J connectivity index is 1.60. The van der Waals surface area contributed by atoms with Gasteiger partial charge in [-0.25, -0.2) is 0 Å². The maximum atomic E-state index is 5.58. The van der Waals surface area contributed by atoms with Gasteiger partial charge in [0.25, 0.3) is 0 Å². The first-order chi connectivity index (χ1) is 13.5. The highest BCUT2D eigenvalue weighted by atomic mass is 16.5. The van der Waals surface area contributed by atoms with Gasteiger partial charge in [0.2, 0.25) is 0 Å². The number of benzene rings is 1. The van der Waals surface area contributed by atoms with E-state index >= 15 is 0 Å². The molecule has 0 aromatic heterocycles. The summed E-state index contributed by atoms with van der Waals surface area (Å²) in [7, 11) is 6.17. The van der Waals surface area contributed by atoms with Crippen LogP contribution >= 0.6 is 0 Å². The lowest BCUT2D eigenvalue weighted by Gasteiger charge is -2.43. The van der Waals surface area contributed by atoms with E-state index in [9.17, 15) is 0 Å². The average Bonchev–Trinajstić information content (AvgIpc) is 3.26. The first kappa shape index (κ1) is 20.9. The van der Waals surface area contributed by atoms with Crippen LogP contribution in [0.1, 0.15) is 44.2 Å². The lowest BCUT2D eigenvalue weighted by Crippen LogP contribution is -2.57. The van der Waals surface area contributed by atoms with Crippen molar-refractivity contribution in [3.63, 3.8) is 0 Å². The van der Waals surface area contributed by atoms with Crippen molar-refractivity contribution in [2.45, 2.75) is 44.2 Å². The van der Waals surface area contributed by atoms with Crippen LogP contribution in [0.4, 0.5) is 5.69 Å². The minimum absolute atomic E-state index is 0.120. The third kappa shape index (κ3) is 4.97. The van der Waals surface area contributed by atoms with Gasteiger partial charge in [-0.2, -0.15) is 0 Å². The van der Waals surface area contributed by atoms with Crippen LogP contribution in [-0.4, -0.2) is 70.4 Å². The average molecular weight is 388 g/mol. The molecule has 28 heavy (non-hydrogen) atoms. The molecule has 0 saturated carbocycles. The van der Waals surface area contributed by atoms with Crippen LogP contribution in [0, 0.1) is 0 Å². The Morgan fingerprint density at radius 1 is 1.25 bits per heavy atom. The number of nitrogens with zero attached hydrogens (tertiary/aromatic N) is 3. The van der Waals surface area contributed by atoms with E-state index in [1.807, 2.05) is 7.05 Å². The van der Waals surface area contributed by atoms with Gasteiger partial charge < -0.3 is 25.2 Å². The van der Waals surface area contributed by atoms with Crippen molar-refractivity contribution in [2.75, 3.05) is 58.9 Å². The fourth-order valence-corrected chi connectivity index (χ4v) is 4.23. The normalized spacial score (nSPS) is 21.0. The molecule has 0 aliphatic carbocycles. The lowest BCUT2D eigenvalue weighted by atomic mass is 9.88. The Morgan fingerprint density at radius 3 is 2.61 bits per heavy atom. The quantitative estimate of drug-likeness (QED) is 0.581. The van der Waals surface area contributed by atoms with Crippen LogP contribution in [0.3, 0.4) is 0 Å². The van der Waals surface area contributed by atoms with Gasteiger partial charge in [-0.3, -0.25) is 4.99 Å². The second kappa shape index (κ2) is 9.61. The smallest absolute Gasteiger partial charge is 0.191 e. The summed E-state index contributed by atoms with van der Waals surface area (Å²) in [5, 5.41) is 7.13. The number of ether oxygens (including phenoxy) is 1. The van der Waals surface area contributed by atoms with Crippen LogP contribution in [0.15, 0.2) is 29.3 Å². The van der Waals surface area contributed by atoms with Gasteiger partial charge in [0, 0.05) is 51.1 Å². The molecule has 0 spiro atoms. The van der Waals surface area contributed by atoms with E-state index < -0.39 is 0 Å². The summed E-state index contributed by atoms with van der Waals surface area (Å²) in [5.74, 6) is 0.854. The van der Waals surface area contributed by atoms with Crippen molar-refractivity contribution < 1.29 is 4.74 Å². The molecule has 2 aliphatic heterocycles. The SMILES string of the molecule is CN=C(NCC1(N(C)C)CCOCC1)NC(C)c1cccc(N2CCCC2)c1. The largest absolute Gasteiger partial charge is 0.381 e. The zero-order valence-corrected chi connectivity index (χ0v) is 18.0. The van der Waals surface area contributed by atoms with Crippen molar-refractivity contribution in [1.29, 1.82) is 0 Å². The molecule has 1 aromatic rings. The zero-order valence-electron chi connectivity index (χ0n) is 18.0. The lowest BCUT2D eigenvalue weighted by molar-refractivity contribution is -0.00502. The Kier molecular flexibility index (Phi) is 7.18. The van der Waals surface area contributed by atoms with E-state index in [4.69, 9.17) is 4.74 Å². The summed E-state index contributed by atoms with van der Waals surface area (Å²) in [6.07, 6.45) is 4.68. The monoisotopic (exact) mass is 387 g/mol. The molecule has 0 amide bonds. The molecule has 1 aromatic carbocycles. The molecule has 2 aliphatic rings. The summed E-state index contributed by atoms with van der Waals surface area (Å²) in [6, 6.07) is 9.10. The zero-order chi connectivity index (χ0) is 20.0. The van der Waals surface area contributed by atoms with Gasteiger partial charge in [-0.05, 0) is 64.4 Å². The minimum atomic E-state index is 0.120. The second-order valence-corrected chi connectivity index (χ2v) is 8.31. The molecule has 156 valence electrons. The highest BCUT2D eigenvalue weighted by molar-refractivity contribution is 5.80. The standard InChI is InChI=1S/C22H37N5O/c1-18(19-8-7-9-20(16-19)27-12-5-6-13-27)25-21(23-2)24-17-22(26(3)4)10-14-28-15-11-22/h7-9,16,18H,5-6,10-15,17H2,1-4H3,(H2,23,24,25). The van der Waals surface area contributed by atoms with Gasteiger partial charge >= 0.3 is 0 Å². The first-order valence-corrected chi connectivity index (χ1v) is 10.6. The highest BCUT2D eigenvalue weighted by Crippen LogP contribution is 2.26. The second-order valence-electron chi connectivity index (χ2n) is 8.31. The Labute approximate surface area is 170 Å². The van der Waals surface area contributed by atoms with E-state index in [0.29, 0.717) is 0 Å². The maximum absolute atomic E-state index is 5.58. The molecule has 2 fully saturated rings. The van der Waals surface area contributed by atoms with Crippen LogP contribution in [-0.2, 0) is 4.74 Å². The van der Waals surface area contributed by atoms with Crippen molar-refractivity contribution in [3.05, 3.63) is 29.8 Å². The van der Waals surface area contributed by atoms with Crippen molar-refractivity contribution in [1.82, 2.24) is 15.5 Å². The van der Waals surface area contributed by atoms with Gasteiger partial charge in [-0.1, -0.05) is 12.1 Å². The van der Waals surface area contributed by atoms with Crippen molar-refractivity contribution in [2.24, 2.45) is 4.99 Å². The molecule has 0 bridgehead atoms. The van der Waals surface area contributed by atoms with E-state index in [0.717, 1.165) is 38.6 Å². The number of anilines is 1. The van der Waals surface area contributed by atoms with E-state index in [1.54, 1.807) is 0 Å². The van der Waals surface area contributed by atoms with Crippen LogP contribution in [0.2, 0.25) is 0 Å². The molecule has 2 saturated heterocycles. The summed E-state index contributed by atoms with van der Waals surface area (Å²) in [6.45, 7) is 7.06. The number of hydrogen-bond donors (Lipinski definition) is 2. The van der Waals surface area contributed by atoms with Crippen LogP contribution in [0.5, 0.6) is 0 Å². The summed E-state index contributed by atoms with van der Waals surface area (Å²) in [4.78, 5) is 9.28.